The molecule has 0 saturated carbocycles. The van der Waals surface area contributed by atoms with Gasteiger partial charge in [0.1, 0.15) is 0 Å². The molecule has 10 aromatic rings. The van der Waals surface area contributed by atoms with Gasteiger partial charge in [0, 0.05) is 0 Å². The maximum absolute atomic E-state index is 5.27. The molecule has 0 saturated heterocycles. The Morgan fingerprint density at radius 1 is 0.378 bits per heavy atom. The van der Waals surface area contributed by atoms with Gasteiger partial charge in [-0.1, -0.05) is 60.7 Å². The number of benzene rings is 8. The minimum absolute atomic E-state index is 0.327. The third-order valence-electron chi connectivity index (χ3n) is 9.24. The third-order valence-corrected chi connectivity index (χ3v) is 11.6. The number of nitrogens with zero attached hydrogens (tertiary/aromatic N) is 2. The first-order valence-corrected chi connectivity index (χ1v) is 17.0. The van der Waals surface area contributed by atoms with Crippen molar-refractivity contribution in [2.75, 3.05) is 0 Å². The smallest absolute Gasteiger partial charge is 0.0616 e. The van der Waals surface area contributed by atoms with Crippen molar-refractivity contribution in [1.82, 2.24) is 9.97 Å². The van der Waals surface area contributed by atoms with Gasteiger partial charge in [-0.2, -0.15) is 0 Å². The molecule has 0 aliphatic heterocycles. The summed E-state index contributed by atoms with van der Waals surface area (Å²) in [7, 11) is 0. The second-order valence-corrected chi connectivity index (χ2v) is 14.0. The summed E-state index contributed by atoms with van der Waals surface area (Å²) in [5.74, 6) is 0.745. The van der Waals surface area contributed by atoms with Gasteiger partial charge in [-0.3, -0.25) is 0 Å². The van der Waals surface area contributed by atoms with Crippen molar-refractivity contribution in [2.45, 2.75) is 0 Å². The van der Waals surface area contributed by atoms with Crippen LogP contribution in [0.25, 0.3) is 95.9 Å². The van der Waals surface area contributed by atoms with Gasteiger partial charge in [-0.05, 0) is 11.5 Å². The molecule has 0 radical (unpaired) electrons. The van der Waals surface area contributed by atoms with E-state index in [0.717, 1.165) is 38.9 Å². The van der Waals surface area contributed by atoms with Crippen molar-refractivity contribution in [1.29, 1.82) is 0 Å². The maximum atomic E-state index is 5.27. The molecule has 10 rings (SSSR count). The van der Waals surface area contributed by atoms with Crippen molar-refractivity contribution >= 4 is 87.8 Å². The third kappa shape index (κ3) is 3.69. The minimum atomic E-state index is 0.327. The molecule has 2 aromatic heterocycles. The molecule has 3 heteroatoms. The summed E-state index contributed by atoms with van der Waals surface area (Å²) in [5.41, 5.74) is 4.06. The molecule has 2 nitrogen and oxygen atoms in total. The zero-order valence-electron chi connectivity index (χ0n) is 24.2. The van der Waals surface area contributed by atoms with Gasteiger partial charge < -0.3 is 0 Å². The number of hydrogen-bond donors (Lipinski definition) is 0. The van der Waals surface area contributed by atoms with Gasteiger partial charge in [-0.25, -0.2) is 0 Å². The zero-order chi connectivity index (χ0) is 29.5. The van der Waals surface area contributed by atoms with E-state index in [-0.39, 0.29) is 0 Å². The van der Waals surface area contributed by atoms with Gasteiger partial charge in [-0.15, -0.1) is 0 Å². The van der Waals surface area contributed by atoms with E-state index in [1.165, 1.54) is 57.0 Å². The second kappa shape index (κ2) is 9.58. The predicted octanol–water partition coefficient (Wildman–Crippen LogP) is 10.9. The van der Waals surface area contributed by atoms with Crippen LogP contribution in [-0.4, -0.2) is 24.5 Å². The Morgan fingerprint density at radius 3 is 1.93 bits per heavy atom. The van der Waals surface area contributed by atoms with Crippen LogP contribution in [0.4, 0.5) is 0 Å². The van der Waals surface area contributed by atoms with Crippen molar-refractivity contribution in [3.05, 3.63) is 146 Å². The summed E-state index contributed by atoms with van der Waals surface area (Å²) in [4.78, 5) is 10.5. The normalized spacial score (nSPS) is 12.0. The zero-order valence-corrected chi connectivity index (χ0v) is 25.9. The van der Waals surface area contributed by atoms with Crippen LogP contribution in [0.3, 0.4) is 0 Å². The summed E-state index contributed by atoms with van der Waals surface area (Å²) < 4.78 is 2.95. The molecule has 0 spiro atoms. The number of fused-ring (bicyclic) bond motifs is 13. The van der Waals surface area contributed by atoms with Gasteiger partial charge in [0.2, 0.25) is 0 Å². The molecule has 0 fully saturated rings. The SMILES string of the molecule is c1ccc(-c2nc(-c3ccc4c(c3)c3ccccc3c3c4ccc4[se]c5ccccc5c43)nc3c2ccc2ccccc23)cc1. The fourth-order valence-corrected chi connectivity index (χ4v) is 9.54. The number of hydrogen-bond acceptors (Lipinski definition) is 2. The molecule has 0 aliphatic rings. The summed E-state index contributed by atoms with van der Waals surface area (Å²) in [6, 6.07) is 52.7. The Hall–Kier alpha value is -5.34. The predicted molar refractivity (Wildman–Crippen MR) is 192 cm³/mol. The summed E-state index contributed by atoms with van der Waals surface area (Å²) >= 11 is 0.327. The van der Waals surface area contributed by atoms with Crippen LogP contribution in [0, 0.1) is 0 Å². The standard InChI is InChI=1S/C42H24N2Se/c1-2-11-26(12-3-1)40-34-21-18-25-10-4-5-13-28(25)41(34)44-42(43-40)27-19-20-30-32-22-23-37-39(33-16-8-9-17-36(33)45-37)38(32)31-15-7-6-14-29(31)35(30)24-27/h1-24H. The Kier molecular flexibility index (Phi) is 5.33. The van der Waals surface area contributed by atoms with Crippen LogP contribution < -0.4 is 0 Å². The Morgan fingerprint density at radius 2 is 1.04 bits per heavy atom. The molecular weight excluding hydrogens is 611 g/mol. The molecule has 0 N–H and O–H groups in total. The first-order chi connectivity index (χ1) is 22.3. The van der Waals surface area contributed by atoms with Crippen molar-refractivity contribution in [3.63, 3.8) is 0 Å². The van der Waals surface area contributed by atoms with Crippen molar-refractivity contribution < 1.29 is 0 Å². The van der Waals surface area contributed by atoms with Gasteiger partial charge in [0.05, 0.1) is 0 Å². The van der Waals surface area contributed by atoms with E-state index in [2.05, 4.69) is 146 Å². The van der Waals surface area contributed by atoms with Crippen molar-refractivity contribution in [3.8, 4) is 22.6 Å². The fraction of sp³-hybridized carbons (Fsp3) is 0. The van der Waals surface area contributed by atoms with Gasteiger partial charge >= 0.3 is 194 Å². The van der Waals surface area contributed by atoms with Crippen LogP contribution in [0.1, 0.15) is 0 Å². The Bertz CT molecular complexity index is 2790. The Balaban J connectivity index is 1.30. The second-order valence-electron chi connectivity index (χ2n) is 11.7. The first-order valence-electron chi connectivity index (χ1n) is 15.3. The van der Waals surface area contributed by atoms with Gasteiger partial charge in [0.15, 0.2) is 0 Å². The van der Waals surface area contributed by atoms with E-state index in [1.54, 1.807) is 0 Å². The fourth-order valence-electron chi connectivity index (χ4n) is 7.21. The van der Waals surface area contributed by atoms with Crippen LogP contribution in [-0.2, 0) is 0 Å². The molecule has 0 bridgehead atoms. The topological polar surface area (TPSA) is 25.8 Å². The molecule has 0 amide bonds. The van der Waals surface area contributed by atoms with Gasteiger partial charge in [0.25, 0.3) is 0 Å². The average Bonchev–Trinajstić information content (AvgIpc) is 3.50. The summed E-state index contributed by atoms with van der Waals surface area (Å²) in [5, 5.41) is 13.9. The number of rotatable bonds is 2. The van der Waals surface area contributed by atoms with Crippen LogP contribution >= 0.6 is 0 Å². The molecule has 0 aliphatic carbocycles. The van der Waals surface area contributed by atoms with E-state index in [4.69, 9.17) is 9.97 Å². The molecule has 0 unspecified atom stereocenters. The number of aromatic nitrogens is 2. The quantitative estimate of drug-likeness (QED) is 0.140. The molecule has 208 valence electrons. The van der Waals surface area contributed by atoms with Crippen LogP contribution in [0.2, 0.25) is 0 Å². The van der Waals surface area contributed by atoms with E-state index < -0.39 is 0 Å². The molecule has 45 heavy (non-hydrogen) atoms. The summed E-state index contributed by atoms with van der Waals surface area (Å²) in [6.45, 7) is 0. The first kappa shape index (κ1) is 25.0. The molecular formula is C42H24N2Se. The van der Waals surface area contributed by atoms with E-state index in [0.29, 0.717) is 14.5 Å². The minimum Gasteiger partial charge on any atom is -0.0616 e. The van der Waals surface area contributed by atoms with E-state index in [9.17, 15) is 0 Å². The Labute approximate surface area is 265 Å². The molecule has 0 atom stereocenters. The monoisotopic (exact) mass is 636 g/mol. The van der Waals surface area contributed by atoms with Crippen molar-refractivity contribution in [2.24, 2.45) is 0 Å². The molecule has 8 aromatic carbocycles. The van der Waals surface area contributed by atoms with E-state index in [1.807, 2.05) is 0 Å². The molecule has 2 heterocycles. The van der Waals surface area contributed by atoms with E-state index >= 15 is 0 Å². The van der Waals surface area contributed by atoms with Crippen LogP contribution in [0.15, 0.2) is 146 Å². The average molecular weight is 636 g/mol. The van der Waals surface area contributed by atoms with Crippen LogP contribution in [0.5, 0.6) is 0 Å². The summed E-state index contributed by atoms with van der Waals surface area (Å²) in [6.07, 6.45) is 0.